The monoisotopic (exact) mass is 765 g/mol. The fourth-order valence-electron chi connectivity index (χ4n) is 10.8. The van der Waals surface area contributed by atoms with Crippen LogP contribution in [0.3, 0.4) is 0 Å². The molecule has 0 radical (unpaired) electrons. The van der Waals surface area contributed by atoms with Gasteiger partial charge in [-0.15, -0.1) is 0 Å². The second-order valence-corrected chi connectivity index (χ2v) is 16.6. The van der Waals surface area contributed by atoms with Crippen LogP contribution in [0, 0.1) is 0 Å². The molecule has 1 nitrogen and oxygen atoms in total. The molecule has 9 aromatic rings. The van der Waals surface area contributed by atoms with Crippen molar-refractivity contribution in [3.05, 3.63) is 246 Å². The minimum Gasteiger partial charge on any atom is -0.310 e. The van der Waals surface area contributed by atoms with Crippen LogP contribution >= 0.6 is 0 Å². The van der Waals surface area contributed by atoms with Gasteiger partial charge in [-0.05, 0) is 146 Å². The molecule has 12 rings (SSSR count). The highest BCUT2D eigenvalue weighted by Gasteiger charge is 2.52. The molecule has 1 heteroatoms. The molecule has 0 saturated heterocycles. The smallest absolute Gasteiger partial charge is 0.0726 e. The van der Waals surface area contributed by atoms with Crippen LogP contribution in [-0.2, 0) is 18.3 Å². The lowest BCUT2D eigenvalue weighted by Gasteiger charge is -2.34. The van der Waals surface area contributed by atoms with Crippen molar-refractivity contribution in [2.45, 2.75) is 31.1 Å². The lowest BCUT2D eigenvalue weighted by Crippen LogP contribution is -2.26. The van der Waals surface area contributed by atoms with Gasteiger partial charge in [0.25, 0.3) is 0 Å². The summed E-state index contributed by atoms with van der Waals surface area (Å²) < 4.78 is 0. The molecule has 60 heavy (non-hydrogen) atoms. The van der Waals surface area contributed by atoms with Gasteiger partial charge in [0.1, 0.15) is 0 Å². The van der Waals surface area contributed by atoms with Crippen molar-refractivity contribution in [1.82, 2.24) is 0 Å². The third-order valence-electron chi connectivity index (χ3n) is 13.5. The molecule has 9 aromatic carbocycles. The molecule has 0 N–H and O–H groups in total. The van der Waals surface area contributed by atoms with E-state index in [-0.39, 0.29) is 0 Å². The van der Waals surface area contributed by atoms with Gasteiger partial charge >= 0.3 is 0 Å². The Labute approximate surface area is 352 Å². The van der Waals surface area contributed by atoms with E-state index in [0.717, 1.165) is 24.2 Å². The Kier molecular flexibility index (Phi) is 8.10. The number of hydrogen-bond acceptors (Lipinski definition) is 1. The molecule has 0 heterocycles. The average Bonchev–Trinajstić information content (AvgIpc) is 3.79. The quantitative estimate of drug-likeness (QED) is 0.163. The van der Waals surface area contributed by atoms with Gasteiger partial charge in [-0.25, -0.2) is 0 Å². The van der Waals surface area contributed by atoms with E-state index in [1.807, 2.05) is 0 Å². The van der Waals surface area contributed by atoms with E-state index in [2.05, 4.69) is 217 Å². The molecule has 0 unspecified atom stereocenters. The average molecular weight is 766 g/mol. The fraction of sp³-hybridized carbons (Fsp3) is 0.0847. The number of hydrogen-bond donors (Lipinski definition) is 0. The van der Waals surface area contributed by atoms with Crippen molar-refractivity contribution in [2.24, 2.45) is 0 Å². The second kappa shape index (κ2) is 14.0. The van der Waals surface area contributed by atoms with Gasteiger partial charge in [-0.2, -0.15) is 0 Å². The van der Waals surface area contributed by atoms with Crippen molar-refractivity contribution in [3.8, 4) is 55.6 Å². The predicted molar refractivity (Wildman–Crippen MR) is 250 cm³/mol. The SMILES string of the molecule is c1ccc(-c2ccc(N(c3ccccc3)c3cc4c(cc3-c3cc5c(cc3-c3ccccc3)CCCC5)-c3ccccc3C43c4ccccc4-c4ccccc43)cc2)cc1. The Hall–Kier alpha value is -7.22. The number of aryl methyl sites for hydroxylation is 2. The molecule has 0 fully saturated rings. The van der Waals surface area contributed by atoms with Gasteiger partial charge in [0, 0.05) is 16.9 Å². The number of rotatable bonds is 6. The molecule has 3 aliphatic rings. The number of anilines is 3. The molecule has 0 amide bonds. The summed E-state index contributed by atoms with van der Waals surface area (Å²) in [6.07, 6.45) is 4.71. The van der Waals surface area contributed by atoms with E-state index in [9.17, 15) is 0 Å². The van der Waals surface area contributed by atoms with Crippen LogP contribution in [0.4, 0.5) is 17.1 Å². The summed E-state index contributed by atoms with van der Waals surface area (Å²) in [5.41, 5.74) is 24.1. The van der Waals surface area contributed by atoms with E-state index >= 15 is 0 Å². The van der Waals surface area contributed by atoms with Gasteiger partial charge in [0.15, 0.2) is 0 Å². The van der Waals surface area contributed by atoms with Gasteiger partial charge < -0.3 is 4.90 Å². The Morgan fingerprint density at radius 1 is 0.300 bits per heavy atom. The zero-order chi connectivity index (χ0) is 39.6. The number of nitrogens with zero attached hydrogens (tertiary/aromatic N) is 1. The molecule has 0 atom stereocenters. The van der Waals surface area contributed by atoms with Crippen LogP contribution in [-0.4, -0.2) is 0 Å². The largest absolute Gasteiger partial charge is 0.310 e. The van der Waals surface area contributed by atoms with Crippen molar-refractivity contribution < 1.29 is 0 Å². The lowest BCUT2D eigenvalue weighted by molar-refractivity contribution is 0.686. The minimum atomic E-state index is -0.468. The van der Waals surface area contributed by atoms with Crippen LogP contribution in [0.15, 0.2) is 212 Å². The molecule has 0 bridgehead atoms. The number of fused-ring (bicyclic) bond motifs is 11. The van der Waals surface area contributed by atoms with Crippen LogP contribution in [0.1, 0.15) is 46.2 Å². The van der Waals surface area contributed by atoms with Crippen molar-refractivity contribution in [1.29, 1.82) is 0 Å². The normalized spacial score (nSPS) is 13.9. The predicted octanol–water partition coefficient (Wildman–Crippen LogP) is 15.4. The molecular weight excluding hydrogens is 723 g/mol. The lowest BCUT2D eigenvalue weighted by atomic mass is 9.70. The molecule has 284 valence electrons. The maximum absolute atomic E-state index is 2.58. The summed E-state index contributed by atoms with van der Waals surface area (Å²) in [6, 6.07) is 79.6. The highest BCUT2D eigenvalue weighted by Crippen LogP contribution is 2.64. The molecule has 3 aliphatic carbocycles. The standard InChI is InChI=1S/C59H43N/c1-4-18-40(19-5-1)41-32-34-46(35-33-41)60(45-24-8-3-9-25-45)58-39-57-52(38-53(58)51-37-44-23-11-10-22-43(44)36-50(51)42-20-6-2-7-21-42)49-28-14-17-31-56(49)59(57)54-29-15-12-26-47(54)48-27-13-16-30-55(48)59/h1-9,12-21,24-39H,10-11,22-23H2. The maximum atomic E-state index is 2.58. The number of benzene rings is 9. The van der Waals surface area contributed by atoms with Crippen molar-refractivity contribution in [2.75, 3.05) is 4.90 Å². The van der Waals surface area contributed by atoms with Crippen LogP contribution in [0.5, 0.6) is 0 Å². The maximum Gasteiger partial charge on any atom is 0.0726 e. The van der Waals surface area contributed by atoms with Gasteiger partial charge in [0.05, 0.1) is 11.1 Å². The summed E-state index contributed by atoms with van der Waals surface area (Å²) >= 11 is 0. The van der Waals surface area contributed by atoms with E-state index in [4.69, 9.17) is 0 Å². The summed E-state index contributed by atoms with van der Waals surface area (Å²) in [7, 11) is 0. The van der Waals surface area contributed by atoms with Gasteiger partial charge in [-0.1, -0.05) is 176 Å². The van der Waals surface area contributed by atoms with Gasteiger partial charge in [-0.3, -0.25) is 0 Å². The summed E-state index contributed by atoms with van der Waals surface area (Å²) in [4.78, 5) is 2.52. The third kappa shape index (κ3) is 5.25. The van der Waals surface area contributed by atoms with Gasteiger partial charge in [0.2, 0.25) is 0 Å². The van der Waals surface area contributed by atoms with Crippen LogP contribution in [0.2, 0.25) is 0 Å². The Balaban J connectivity index is 1.20. The Morgan fingerprint density at radius 3 is 1.33 bits per heavy atom. The first-order valence-electron chi connectivity index (χ1n) is 21.5. The third-order valence-corrected chi connectivity index (χ3v) is 13.5. The van der Waals surface area contributed by atoms with E-state index in [0.29, 0.717) is 0 Å². The van der Waals surface area contributed by atoms with Crippen LogP contribution in [0.25, 0.3) is 55.6 Å². The summed E-state index contributed by atoms with van der Waals surface area (Å²) in [6.45, 7) is 0. The highest BCUT2D eigenvalue weighted by atomic mass is 15.1. The molecule has 1 spiro atoms. The first kappa shape index (κ1) is 34.8. The fourth-order valence-corrected chi connectivity index (χ4v) is 10.8. The Bertz CT molecular complexity index is 3030. The van der Waals surface area contributed by atoms with Crippen LogP contribution < -0.4 is 4.90 Å². The summed E-state index contributed by atoms with van der Waals surface area (Å²) in [5.74, 6) is 0. The topological polar surface area (TPSA) is 3.24 Å². The van der Waals surface area contributed by atoms with Crippen molar-refractivity contribution in [3.63, 3.8) is 0 Å². The van der Waals surface area contributed by atoms with Crippen molar-refractivity contribution >= 4 is 17.1 Å². The van der Waals surface area contributed by atoms with E-state index in [1.54, 1.807) is 0 Å². The zero-order valence-corrected chi connectivity index (χ0v) is 33.5. The van der Waals surface area contributed by atoms with E-state index in [1.165, 1.54) is 108 Å². The Morgan fingerprint density at radius 2 is 0.750 bits per heavy atom. The molecular formula is C59H43N. The molecule has 0 aliphatic heterocycles. The molecule has 0 aromatic heterocycles. The first-order valence-corrected chi connectivity index (χ1v) is 21.5. The zero-order valence-electron chi connectivity index (χ0n) is 33.5. The molecule has 0 saturated carbocycles. The summed E-state index contributed by atoms with van der Waals surface area (Å²) in [5, 5.41) is 0. The van der Waals surface area contributed by atoms with E-state index < -0.39 is 5.41 Å². The number of para-hydroxylation sites is 1. The first-order chi connectivity index (χ1) is 29.8. The second-order valence-electron chi connectivity index (χ2n) is 16.6. The highest BCUT2D eigenvalue weighted by molar-refractivity contribution is 6.02. The minimum absolute atomic E-state index is 0.468.